The lowest BCUT2D eigenvalue weighted by Crippen LogP contribution is -2.17. The number of hydrogen-bond donors (Lipinski definition) is 0. The molecule has 0 spiro atoms. The van der Waals surface area contributed by atoms with Crippen LogP contribution in [0.25, 0.3) is 22.3 Å². The van der Waals surface area contributed by atoms with E-state index in [0.29, 0.717) is 11.0 Å². The largest absolute Gasteiger partial charge is 0.396 e. The average molecular weight is 436 g/mol. The van der Waals surface area contributed by atoms with Gasteiger partial charge in [0, 0.05) is 11.8 Å². The Labute approximate surface area is 174 Å². The highest BCUT2D eigenvalue weighted by molar-refractivity contribution is 6.42. The fourth-order valence-electron chi connectivity index (χ4n) is 3.26. The third-order valence-electron chi connectivity index (χ3n) is 4.51. The first-order valence-electron chi connectivity index (χ1n) is 8.72. The number of pyridine rings is 1. The lowest BCUT2D eigenvalue weighted by Gasteiger charge is -2.14. The molecule has 29 heavy (non-hydrogen) atoms. The molecule has 0 N–H and O–H groups in total. The van der Waals surface area contributed by atoms with E-state index in [1.807, 2.05) is 42.5 Å². The van der Waals surface area contributed by atoms with Crippen molar-refractivity contribution in [2.75, 3.05) is 0 Å². The molecule has 0 radical (unpaired) electrons. The van der Waals surface area contributed by atoms with Crippen molar-refractivity contribution >= 4 is 34.2 Å². The molecule has 0 fully saturated rings. The van der Waals surface area contributed by atoms with Crippen LogP contribution in [0.3, 0.4) is 0 Å². The van der Waals surface area contributed by atoms with E-state index in [0.717, 1.165) is 16.8 Å². The van der Waals surface area contributed by atoms with Crippen molar-refractivity contribution in [3.8, 4) is 11.3 Å². The van der Waals surface area contributed by atoms with Gasteiger partial charge < -0.3 is 4.57 Å². The first-order valence-corrected chi connectivity index (χ1v) is 9.47. The van der Waals surface area contributed by atoms with Crippen LogP contribution in [0.4, 0.5) is 13.2 Å². The lowest BCUT2D eigenvalue weighted by atomic mass is 10.0. The Morgan fingerprint density at radius 2 is 1.66 bits per heavy atom. The van der Waals surface area contributed by atoms with Crippen molar-refractivity contribution in [3.63, 3.8) is 0 Å². The van der Waals surface area contributed by atoms with Gasteiger partial charge in [-0.05, 0) is 29.8 Å². The summed E-state index contributed by atoms with van der Waals surface area (Å²) in [6, 6.07) is 16.0. The fraction of sp³-hybridized carbons (Fsp3) is 0.143. The first kappa shape index (κ1) is 19.7. The first-order chi connectivity index (χ1) is 13.8. The van der Waals surface area contributed by atoms with E-state index in [-0.39, 0.29) is 22.4 Å². The number of aromatic nitrogens is 3. The van der Waals surface area contributed by atoms with E-state index in [1.54, 1.807) is 12.3 Å². The molecule has 2 aromatic carbocycles. The van der Waals surface area contributed by atoms with Gasteiger partial charge in [-0.25, -0.2) is 4.98 Å². The number of nitrogens with zero attached hydrogens (tertiary/aromatic N) is 3. The van der Waals surface area contributed by atoms with Gasteiger partial charge in [-0.1, -0.05) is 53.5 Å². The van der Waals surface area contributed by atoms with Crippen LogP contribution >= 0.6 is 23.2 Å². The molecular weight excluding hydrogens is 422 g/mol. The maximum Gasteiger partial charge on any atom is 0.396 e. The number of alkyl halides is 3. The van der Waals surface area contributed by atoms with Gasteiger partial charge in [-0.3, -0.25) is 4.98 Å². The molecule has 0 aliphatic carbocycles. The predicted octanol–water partition coefficient (Wildman–Crippen LogP) is 6.56. The number of imidazole rings is 1. The van der Waals surface area contributed by atoms with Crippen LogP contribution in [0.15, 0.2) is 60.8 Å². The molecule has 0 amide bonds. The summed E-state index contributed by atoms with van der Waals surface area (Å²) in [5, 5.41) is 0.508. The third-order valence-corrected chi connectivity index (χ3v) is 5.24. The van der Waals surface area contributed by atoms with Gasteiger partial charge >= 0.3 is 6.18 Å². The Morgan fingerprint density at radius 3 is 2.38 bits per heavy atom. The molecule has 0 unspecified atom stereocenters. The summed E-state index contributed by atoms with van der Waals surface area (Å²) in [6.07, 6.45) is -3.87. The summed E-state index contributed by atoms with van der Waals surface area (Å²) in [6.45, 7) is 0.187. The quantitative estimate of drug-likeness (QED) is 0.363. The van der Waals surface area contributed by atoms with Gasteiger partial charge in [-0.15, -0.1) is 0 Å². The van der Waals surface area contributed by atoms with Crippen molar-refractivity contribution < 1.29 is 13.2 Å². The monoisotopic (exact) mass is 435 g/mol. The highest BCUT2D eigenvalue weighted by Crippen LogP contribution is 2.32. The Kier molecular flexibility index (Phi) is 5.23. The van der Waals surface area contributed by atoms with E-state index in [4.69, 9.17) is 23.2 Å². The number of halogens is 5. The van der Waals surface area contributed by atoms with E-state index >= 15 is 0 Å². The highest BCUT2D eigenvalue weighted by Gasteiger charge is 2.31. The van der Waals surface area contributed by atoms with E-state index in [2.05, 4.69) is 9.97 Å². The van der Waals surface area contributed by atoms with Crippen molar-refractivity contribution in [1.82, 2.24) is 14.5 Å². The Balaban J connectivity index is 1.86. The topological polar surface area (TPSA) is 30.7 Å². The van der Waals surface area contributed by atoms with Crippen LogP contribution in [-0.2, 0) is 13.0 Å². The predicted molar refractivity (Wildman–Crippen MR) is 108 cm³/mol. The van der Waals surface area contributed by atoms with Crippen LogP contribution in [0.5, 0.6) is 0 Å². The van der Waals surface area contributed by atoms with Gasteiger partial charge in [0.25, 0.3) is 0 Å². The van der Waals surface area contributed by atoms with Crippen LogP contribution in [-0.4, -0.2) is 20.7 Å². The average Bonchev–Trinajstić information content (AvgIpc) is 2.98. The number of hydrogen-bond acceptors (Lipinski definition) is 2. The van der Waals surface area contributed by atoms with E-state index in [1.165, 1.54) is 10.6 Å². The second kappa shape index (κ2) is 7.69. The molecule has 4 aromatic rings. The van der Waals surface area contributed by atoms with Crippen LogP contribution < -0.4 is 0 Å². The molecule has 8 heteroatoms. The zero-order chi connectivity index (χ0) is 20.6. The van der Waals surface area contributed by atoms with Gasteiger partial charge in [0.15, 0.2) is 0 Å². The number of fused-ring (bicyclic) bond motifs is 1. The summed E-state index contributed by atoms with van der Waals surface area (Å²) in [5.74, 6) is -0.0957. The van der Waals surface area contributed by atoms with Crippen LogP contribution in [0.2, 0.25) is 10.0 Å². The SMILES string of the molecule is FC(F)(F)Cc1nc2cc(Cl)c(Cl)cc2n1Cc1ccccc1-c1ccccn1. The highest BCUT2D eigenvalue weighted by atomic mass is 35.5. The summed E-state index contributed by atoms with van der Waals surface area (Å²) in [5.41, 5.74) is 3.27. The molecule has 148 valence electrons. The minimum Gasteiger partial charge on any atom is -0.323 e. The smallest absolute Gasteiger partial charge is 0.323 e. The second-order valence-electron chi connectivity index (χ2n) is 6.53. The Morgan fingerprint density at radius 1 is 0.931 bits per heavy atom. The van der Waals surface area contributed by atoms with Gasteiger partial charge in [-0.2, -0.15) is 13.2 Å². The molecule has 0 aliphatic rings. The fourth-order valence-corrected chi connectivity index (χ4v) is 3.58. The molecule has 0 aliphatic heterocycles. The normalized spacial score (nSPS) is 11.9. The minimum atomic E-state index is -4.40. The number of rotatable bonds is 4. The molecular formula is C21H14Cl2F3N3. The van der Waals surface area contributed by atoms with Crippen LogP contribution in [0, 0.1) is 0 Å². The summed E-state index contributed by atoms with van der Waals surface area (Å²) in [7, 11) is 0. The Hall–Kier alpha value is -2.57. The molecule has 4 rings (SSSR count). The molecule has 2 heterocycles. The molecule has 0 bridgehead atoms. The van der Waals surface area contributed by atoms with Crippen LogP contribution in [0.1, 0.15) is 11.4 Å². The summed E-state index contributed by atoms with van der Waals surface area (Å²) in [4.78, 5) is 8.55. The summed E-state index contributed by atoms with van der Waals surface area (Å²) >= 11 is 12.2. The van der Waals surface area contributed by atoms with Gasteiger partial charge in [0.2, 0.25) is 0 Å². The maximum absolute atomic E-state index is 13.2. The lowest BCUT2D eigenvalue weighted by molar-refractivity contribution is -0.128. The van der Waals surface area contributed by atoms with Crippen molar-refractivity contribution in [3.05, 3.63) is 82.2 Å². The zero-order valence-electron chi connectivity index (χ0n) is 14.9. The second-order valence-corrected chi connectivity index (χ2v) is 7.35. The van der Waals surface area contributed by atoms with Gasteiger partial charge in [0.05, 0.1) is 33.3 Å². The van der Waals surface area contributed by atoms with Crippen molar-refractivity contribution in [2.24, 2.45) is 0 Å². The van der Waals surface area contributed by atoms with E-state index < -0.39 is 12.6 Å². The third kappa shape index (κ3) is 4.23. The zero-order valence-corrected chi connectivity index (χ0v) is 16.4. The van der Waals surface area contributed by atoms with Gasteiger partial charge in [0.1, 0.15) is 12.2 Å². The summed E-state index contributed by atoms with van der Waals surface area (Å²) < 4.78 is 41.1. The standard InChI is InChI=1S/C21H14Cl2F3N3/c22-15-9-18-19(10-16(15)23)29(20(28-18)11-21(24,25)26)12-13-5-1-2-6-14(13)17-7-3-4-8-27-17/h1-10H,11-12H2. The van der Waals surface area contributed by atoms with E-state index in [9.17, 15) is 13.2 Å². The Bertz CT molecular complexity index is 1170. The van der Waals surface area contributed by atoms with Crippen molar-refractivity contribution in [1.29, 1.82) is 0 Å². The number of benzene rings is 2. The minimum absolute atomic E-state index is 0.0957. The molecule has 0 saturated carbocycles. The molecule has 0 atom stereocenters. The molecule has 2 aromatic heterocycles. The van der Waals surface area contributed by atoms with Crippen molar-refractivity contribution in [2.45, 2.75) is 19.1 Å². The molecule has 3 nitrogen and oxygen atoms in total. The maximum atomic E-state index is 13.2. The molecule has 0 saturated heterocycles.